The third-order valence-electron chi connectivity index (χ3n) is 4.72. The Morgan fingerprint density at radius 2 is 2.17 bits per heavy atom. The van der Waals surface area contributed by atoms with Crippen LogP contribution in [0.5, 0.6) is 0 Å². The van der Waals surface area contributed by atoms with E-state index in [1.807, 2.05) is 11.3 Å². The van der Waals surface area contributed by atoms with Gasteiger partial charge in [0.25, 0.3) is 0 Å². The lowest BCUT2D eigenvalue weighted by Crippen LogP contribution is -2.61. The lowest BCUT2D eigenvalue weighted by atomic mass is 9.80. The predicted molar refractivity (Wildman–Crippen MR) is 78.1 cm³/mol. The van der Waals surface area contributed by atoms with Crippen molar-refractivity contribution in [2.24, 2.45) is 0 Å². The van der Waals surface area contributed by atoms with Crippen molar-refractivity contribution < 1.29 is 0 Å². The first-order chi connectivity index (χ1) is 8.79. The van der Waals surface area contributed by atoms with Crippen molar-refractivity contribution in [1.29, 1.82) is 0 Å². The summed E-state index contributed by atoms with van der Waals surface area (Å²) in [4.78, 5) is 4.20. The van der Waals surface area contributed by atoms with E-state index in [1.165, 1.54) is 50.1 Å². The maximum Gasteiger partial charge on any atom is 0.0414 e. The fourth-order valence-electron chi connectivity index (χ4n) is 3.59. The Bertz CT molecular complexity index is 362. The predicted octanol–water partition coefficient (Wildman–Crippen LogP) is 3.42. The maximum absolute atomic E-state index is 3.83. The summed E-state index contributed by atoms with van der Waals surface area (Å²) < 4.78 is 0. The van der Waals surface area contributed by atoms with Gasteiger partial charge in [-0.2, -0.15) is 0 Å². The molecule has 0 bridgehead atoms. The third kappa shape index (κ3) is 2.49. The van der Waals surface area contributed by atoms with Crippen LogP contribution in [0.25, 0.3) is 0 Å². The molecule has 2 heterocycles. The molecule has 1 aromatic heterocycles. The molecule has 2 aliphatic rings. The van der Waals surface area contributed by atoms with Crippen LogP contribution in [0.15, 0.2) is 17.5 Å². The highest BCUT2D eigenvalue weighted by molar-refractivity contribution is 7.10. The van der Waals surface area contributed by atoms with Crippen LogP contribution in [0, 0.1) is 0 Å². The van der Waals surface area contributed by atoms with E-state index in [0.717, 1.165) is 6.54 Å². The van der Waals surface area contributed by atoms with Crippen molar-refractivity contribution in [3.63, 3.8) is 0 Å². The highest BCUT2D eigenvalue weighted by atomic mass is 32.1. The first kappa shape index (κ1) is 12.6. The summed E-state index contributed by atoms with van der Waals surface area (Å²) in [6.45, 7) is 5.97. The van der Waals surface area contributed by atoms with Crippen molar-refractivity contribution in [3.05, 3.63) is 22.4 Å². The molecule has 18 heavy (non-hydrogen) atoms. The molecule has 1 spiro atoms. The van der Waals surface area contributed by atoms with Gasteiger partial charge in [-0.1, -0.05) is 25.3 Å². The second-order valence-corrected chi connectivity index (χ2v) is 6.91. The zero-order valence-corrected chi connectivity index (χ0v) is 12.1. The van der Waals surface area contributed by atoms with Gasteiger partial charge in [-0.15, -0.1) is 11.3 Å². The van der Waals surface area contributed by atoms with Crippen LogP contribution in [0.4, 0.5) is 0 Å². The summed E-state index contributed by atoms with van der Waals surface area (Å²) in [5.74, 6) is 0. The van der Waals surface area contributed by atoms with Crippen molar-refractivity contribution in [1.82, 2.24) is 10.2 Å². The Morgan fingerprint density at radius 1 is 1.33 bits per heavy atom. The Balaban J connectivity index is 1.70. The van der Waals surface area contributed by atoms with Gasteiger partial charge in [-0.3, -0.25) is 4.90 Å². The summed E-state index contributed by atoms with van der Waals surface area (Å²) in [6, 6.07) is 5.05. The van der Waals surface area contributed by atoms with Gasteiger partial charge < -0.3 is 5.32 Å². The molecule has 1 atom stereocenters. The van der Waals surface area contributed by atoms with Gasteiger partial charge in [0.2, 0.25) is 0 Å². The van der Waals surface area contributed by atoms with Gasteiger partial charge in [0.15, 0.2) is 0 Å². The first-order valence-electron chi connectivity index (χ1n) is 7.32. The SMILES string of the molecule is CC(c1cccs1)N1CCNC2(CCCCC2)C1. The van der Waals surface area contributed by atoms with Gasteiger partial charge in [-0.05, 0) is 31.2 Å². The quantitative estimate of drug-likeness (QED) is 0.880. The van der Waals surface area contributed by atoms with E-state index in [9.17, 15) is 0 Å². The molecule has 1 aromatic rings. The Morgan fingerprint density at radius 3 is 2.89 bits per heavy atom. The highest BCUT2D eigenvalue weighted by Gasteiger charge is 2.37. The number of nitrogens with zero attached hydrogens (tertiary/aromatic N) is 1. The van der Waals surface area contributed by atoms with E-state index in [0.29, 0.717) is 11.6 Å². The Kier molecular flexibility index (Phi) is 3.73. The van der Waals surface area contributed by atoms with Crippen LogP contribution < -0.4 is 5.32 Å². The van der Waals surface area contributed by atoms with Crippen molar-refractivity contribution in [2.75, 3.05) is 19.6 Å². The first-order valence-corrected chi connectivity index (χ1v) is 8.20. The molecule has 2 fully saturated rings. The normalized spacial score (nSPS) is 26.3. The van der Waals surface area contributed by atoms with Crippen LogP contribution in [-0.4, -0.2) is 30.1 Å². The molecule has 0 aromatic carbocycles. The topological polar surface area (TPSA) is 15.3 Å². The highest BCUT2D eigenvalue weighted by Crippen LogP contribution is 2.34. The monoisotopic (exact) mass is 264 g/mol. The van der Waals surface area contributed by atoms with Gasteiger partial charge in [-0.25, -0.2) is 0 Å². The molecular weight excluding hydrogens is 240 g/mol. The molecule has 1 unspecified atom stereocenters. The van der Waals surface area contributed by atoms with Gasteiger partial charge in [0.05, 0.1) is 0 Å². The summed E-state index contributed by atoms with van der Waals surface area (Å²) >= 11 is 1.90. The van der Waals surface area contributed by atoms with Crippen LogP contribution in [0.3, 0.4) is 0 Å². The Hall–Kier alpha value is -0.380. The second-order valence-electron chi connectivity index (χ2n) is 5.93. The van der Waals surface area contributed by atoms with E-state index in [-0.39, 0.29) is 0 Å². The van der Waals surface area contributed by atoms with Crippen molar-refractivity contribution >= 4 is 11.3 Å². The number of hydrogen-bond acceptors (Lipinski definition) is 3. The molecule has 1 N–H and O–H groups in total. The average molecular weight is 264 g/mol. The number of hydrogen-bond donors (Lipinski definition) is 1. The fraction of sp³-hybridized carbons (Fsp3) is 0.733. The average Bonchev–Trinajstić information content (AvgIpc) is 2.93. The molecule has 3 heteroatoms. The van der Waals surface area contributed by atoms with Crippen molar-refractivity contribution in [3.8, 4) is 0 Å². The lowest BCUT2D eigenvalue weighted by molar-refractivity contribution is 0.0740. The maximum atomic E-state index is 3.83. The number of piperazine rings is 1. The number of thiophene rings is 1. The van der Waals surface area contributed by atoms with Crippen LogP contribution in [0.1, 0.15) is 49.9 Å². The molecule has 1 saturated carbocycles. The minimum Gasteiger partial charge on any atom is -0.309 e. The standard InChI is InChI=1S/C15H24N2S/c1-13(14-6-5-11-18-14)17-10-9-16-15(12-17)7-3-2-4-8-15/h5-6,11,13,16H,2-4,7-10,12H2,1H3. The van der Waals surface area contributed by atoms with Crippen LogP contribution >= 0.6 is 11.3 Å². The zero-order valence-electron chi connectivity index (χ0n) is 11.3. The van der Waals surface area contributed by atoms with E-state index >= 15 is 0 Å². The summed E-state index contributed by atoms with van der Waals surface area (Å²) in [5, 5.41) is 6.03. The van der Waals surface area contributed by atoms with Gasteiger partial charge in [0, 0.05) is 36.1 Å². The minimum atomic E-state index is 0.433. The van der Waals surface area contributed by atoms with E-state index < -0.39 is 0 Å². The largest absolute Gasteiger partial charge is 0.309 e. The fourth-order valence-corrected chi connectivity index (χ4v) is 4.41. The lowest BCUT2D eigenvalue weighted by Gasteiger charge is -2.47. The third-order valence-corrected chi connectivity index (χ3v) is 5.76. The number of rotatable bonds is 2. The summed E-state index contributed by atoms with van der Waals surface area (Å²) in [7, 11) is 0. The van der Waals surface area contributed by atoms with Crippen LogP contribution in [-0.2, 0) is 0 Å². The minimum absolute atomic E-state index is 0.433. The van der Waals surface area contributed by atoms with E-state index in [4.69, 9.17) is 0 Å². The van der Waals surface area contributed by atoms with Crippen LogP contribution in [0.2, 0.25) is 0 Å². The van der Waals surface area contributed by atoms with Gasteiger partial charge in [0.1, 0.15) is 0 Å². The number of nitrogens with one attached hydrogen (secondary N) is 1. The summed E-state index contributed by atoms with van der Waals surface area (Å²) in [5.41, 5.74) is 0.433. The van der Waals surface area contributed by atoms with E-state index in [2.05, 4.69) is 34.7 Å². The molecule has 1 saturated heterocycles. The molecular formula is C15H24N2S. The zero-order chi connectivity index (χ0) is 12.4. The molecule has 0 amide bonds. The molecule has 1 aliphatic carbocycles. The summed E-state index contributed by atoms with van der Waals surface area (Å²) in [6.07, 6.45) is 7.01. The Labute approximate surface area is 114 Å². The molecule has 100 valence electrons. The van der Waals surface area contributed by atoms with Gasteiger partial charge >= 0.3 is 0 Å². The smallest absolute Gasteiger partial charge is 0.0414 e. The van der Waals surface area contributed by atoms with E-state index in [1.54, 1.807) is 0 Å². The second kappa shape index (κ2) is 5.32. The molecule has 0 radical (unpaired) electrons. The van der Waals surface area contributed by atoms with Crippen molar-refractivity contribution in [2.45, 2.75) is 50.6 Å². The molecule has 2 nitrogen and oxygen atoms in total. The molecule has 1 aliphatic heterocycles. The molecule has 3 rings (SSSR count).